The van der Waals surface area contributed by atoms with E-state index in [4.69, 9.17) is 9.47 Å². The zero-order chi connectivity index (χ0) is 17.5. The van der Waals surface area contributed by atoms with Gasteiger partial charge in [-0.3, -0.25) is 0 Å². The second kappa shape index (κ2) is 8.15. The first-order valence-electron chi connectivity index (χ1n) is 8.20. The van der Waals surface area contributed by atoms with Crippen LogP contribution in [0.15, 0.2) is 78.9 Å². The maximum Gasteiger partial charge on any atom is 0.338 e. The maximum absolute atomic E-state index is 12.1. The number of carbonyl (C=O) groups is 1. The predicted octanol–water partition coefficient (Wildman–Crippen LogP) is 4.93. The first-order valence-corrected chi connectivity index (χ1v) is 8.20. The van der Waals surface area contributed by atoms with E-state index in [0.717, 1.165) is 16.9 Å². The summed E-state index contributed by atoms with van der Waals surface area (Å²) in [6, 6.07) is 24.9. The molecule has 0 bridgehead atoms. The van der Waals surface area contributed by atoms with E-state index in [1.54, 1.807) is 12.1 Å². The third kappa shape index (κ3) is 4.95. The monoisotopic (exact) mass is 332 g/mol. The van der Waals surface area contributed by atoms with Gasteiger partial charge in [-0.15, -0.1) is 0 Å². The molecule has 0 aromatic heterocycles. The third-order valence-electron chi connectivity index (χ3n) is 3.83. The second-order valence-corrected chi connectivity index (χ2v) is 5.86. The number of aryl methyl sites for hydroxylation is 1. The van der Waals surface area contributed by atoms with Gasteiger partial charge in [0, 0.05) is 0 Å². The summed E-state index contributed by atoms with van der Waals surface area (Å²) in [5.41, 5.74) is 3.71. The van der Waals surface area contributed by atoms with Crippen molar-refractivity contribution in [2.24, 2.45) is 0 Å². The van der Waals surface area contributed by atoms with Gasteiger partial charge in [-0.1, -0.05) is 60.2 Å². The fourth-order valence-corrected chi connectivity index (χ4v) is 2.34. The highest BCUT2D eigenvalue weighted by Gasteiger charge is 2.07. The van der Waals surface area contributed by atoms with Crippen molar-refractivity contribution >= 4 is 5.97 Å². The average Bonchev–Trinajstić information content (AvgIpc) is 2.67. The lowest BCUT2D eigenvalue weighted by Crippen LogP contribution is -2.05. The summed E-state index contributed by atoms with van der Waals surface area (Å²) in [5, 5.41) is 0. The molecule has 3 aromatic rings. The van der Waals surface area contributed by atoms with E-state index >= 15 is 0 Å². The third-order valence-corrected chi connectivity index (χ3v) is 3.83. The minimum Gasteiger partial charge on any atom is -0.489 e. The molecule has 0 amide bonds. The predicted molar refractivity (Wildman–Crippen MR) is 97.5 cm³/mol. The van der Waals surface area contributed by atoms with Gasteiger partial charge in [0.15, 0.2) is 0 Å². The van der Waals surface area contributed by atoms with Gasteiger partial charge >= 0.3 is 5.97 Å². The molecular formula is C22H20O3. The quantitative estimate of drug-likeness (QED) is 0.600. The van der Waals surface area contributed by atoms with Crippen molar-refractivity contribution in [3.05, 3.63) is 101 Å². The van der Waals surface area contributed by atoms with Crippen LogP contribution in [0.5, 0.6) is 5.75 Å². The van der Waals surface area contributed by atoms with E-state index in [1.165, 1.54) is 5.56 Å². The molecule has 0 aliphatic carbocycles. The van der Waals surface area contributed by atoms with Gasteiger partial charge in [0.05, 0.1) is 5.56 Å². The Morgan fingerprint density at radius 2 is 1.40 bits per heavy atom. The molecule has 3 heteroatoms. The zero-order valence-corrected chi connectivity index (χ0v) is 14.1. The first kappa shape index (κ1) is 16.8. The largest absolute Gasteiger partial charge is 0.489 e. The van der Waals surface area contributed by atoms with E-state index < -0.39 is 0 Å². The van der Waals surface area contributed by atoms with Crippen LogP contribution in [-0.4, -0.2) is 5.97 Å². The Morgan fingerprint density at radius 3 is 2.08 bits per heavy atom. The zero-order valence-electron chi connectivity index (χ0n) is 14.1. The Morgan fingerprint density at radius 1 is 0.760 bits per heavy atom. The molecule has 126 valence electrons. The van der Waals surface area contributed by atoms with Crippen molar-refractivity contribution in [3.63, 3.8) is 0 Å². The van der Waals surface area contributed by atoms with E-state index in [2.05, 4.69) is 0 Å². The number of hydrogen-bond acceptors (Lipinski definition) is 3. The van der Waals surface area contributed by atoms with Crippen molar-refractivity contribution < 1.29 is 14.3 Å². The minimum absolute atomic E-state index is 0.276. The topological polar surface area (TPSA) is 35.5 Å². The molecule has 3 nitrogen and oxygen atoms in total. The number of rotatable bonds is 6. The standard InChI is InChI=1S/C22H20O3/c1-17-7-13-21(14-8-17)24-15-19-9-11-20(12-10-19)22(23)25-16-18-5-3-2-4-6-18/h2-14H,15-16H2,1H3. The van der Waals surface area contributed by atoms with E-state index in [1.807, 2.05) is 73.7 Å². The Hall–Kier alpha value is -3.07. The van der Waals surface area contributed by atoms with Crippen LogP contribution in [0.4, 0.5) is 0 Å². The highest BCUT2D eigenvalue weighted by molar-refractivity contribution is 5.89. The molecular weight excluding hydrogens is 312 g/mol. The molecule has 0 heterocycles. The van der Waals surface area contributed by atoms with Crippen molar-refractivity contribution in [3.8, 4) is 5.75 Å². The molecule has 0 saturated heterocycles. The Bertz CT molecular complexity index is 806. The molecule has 25 heavy (non-hydrogen) atoms. The molecule has 0 N–H and O–H groups in total. The summed E-state index contributed by atoms with van der Waals surface area (Å²) in [6.07, 6.45) is 0. The number of benzene rings is 3. The summed E-state index contributed by atoms with van der Waals surface area (Å²) in [6.45, 7) is 2.78. The molecule has 0 spiro atoms. The molecule has 0 fully saturated rings. The number of carbonyl (C=O) groups excluding carboxylic acids is 1. The number of ether oxygens (including phenoxy) is 2. The van der Waals surface area contributed by atoms with E-state index in [0.29, 0.717) is 12.2 Å². The number of hydrogen-bond donors (Lipinski definition) is 0. The lowest BCUT2D eigenvalue weighted by Gasteiger charge is -2.08. The van der Waals surface area contributed by atoms with Crippen LogP contribution in [-0.2, 0) is 18.0 Å². The minimum atomic E-state index is -0.324. The first-order chi connectivity index (χ1) is 12.2. The second-order valence-electron chi connectivity index (χ2n) is 5.86. The Labute approximate surface area is 147 Å². The molecule has 0 saturated carbocycles. The number of esters is 1. The van der Waals surface area contributed by atoms with Gasteiger partial charge < -0.3 is 9.47 Å². The van der Waals surface area contributed by atoms with Gasteiger partial charge in [-0.2, -0.15) is 0 Å². The van der Waals surface area contributed by atoms with E-state index in [-0.39, 0.29) is 12.6 Å². The molecule has 0 aliphatic heterocycles. The molecule has 0 atom stereocenters. The molecule has 0 radical (unpaired) electrons. The highest BCUT2D eigenvalue weighted by Crippen LogP contribution is 2.14. The summed E-state index contributed by atoms with van der Waals surface area (Å²) in [4.78, 5) is 12.1. The summed E-state index contributed by atoms with van der Waals surface area (Å²) < 4.78 is 11.1. The summed E-state index contributed by atoms with van der Waals surface area (Å²) in [7, 11) is 0. The van der Waals surface area contributed by atoms with Crippen molar-refractivity contribution in [1.29, 1.82) is 0 Å². The molecule has 3 rings (SSSR count). The smallest absolute Gasteiger partial charge is 0.338 e. The Balaban J connectivity index is 1.52. The molecule has 0 unspecified atom stereocenters. The maximum atomic E-state index is 12.1. The normalized spacial score (nSPS) is 10.3. The molecule has 0 aliphatic rings. The van der Waals surface area contributed by atoms with Gasteiger partial charge in [-0.05, 0) is 42.3 Å². The fraction of sp³-hybridized carbons (Fsp3) is 0.136. The van der Waals surface area contributed by atoms with Gasteiger partial charge in [-0.25, -0.2) is 4.79 Å². The van der Waals surface area contributed by atoms with Crippen LogP contribution in [0.3, 0.4) is 0 Å². The summed E-state index contributed by atoms with van der Waals surface area (Å²) >= 11 is 0. The van der Waals surface area contributed by atoms with Crippen molar-refractivity contribution in [2.45, 2.75) is 20.1 Å². The fourth-order valence-electron chi connectivity index (χ4n) is 2.34. The van der Waals surface area contributed by atoms with Crippen LogP contribution in [0.25, 0.3) is 0 Å². The van der Waals surface area contributed by atoms with Crippen LogP contribution in [0.1, 0.15) is 27.0 Å². The van der Waals surface area contributed by atoms with Gasteiger partial charge in [0.25, 0.3) is 0 Å². The van der Waals surface area contributed by atoms with Crippen LogP contribution in [0.2, 0.25) is 0 Å². The van der Waals surface area contributed by atoms with Gasteiger partial charge in [0.2, 0.25) is 0 Å². The SMILES string of the molecule is Cc1ccc(OCc2ccc(C(=O)OCc3ccccc3)cc2)cc1. The van der Waals surface area contributed by atoms with Gasteiger partial charge in [0.1, 0.15) is 19.0 Å². The lowest BCUT2D eigenvalue weighted by atomic mass is 10.1. The van der Waals surface area contributed by atoms with Crippen LogP contribution in [0, 0.1) is 6.92 Å². The summed E-state index contributed by atoms with van der Waals surface area (Å²) in [5.74, 6) is 0.506. The van der Waals surface area contributed by atoms with Crippen LogP contribution < -0.4 is 4.74 Å². The average molecular weight is 332 g/mol. The highest BCUT2D eigenvalue weighted by atomic mass is 16.5. The van der Waals surface area contributed by atoms with Crippen molar-refractivity contribution in [2.75, 3.05) is 0 Å². The lowest BCUT2D eigenvalue weighted by molar-refractivity contribution is 0.0472. The van der Waals surface area contributed by atoms with Crippen LogP contribution >= 0.6 is 0 Å². The molecule has 3 aromatic carbocycles. The van der Waals surface area contributed by atoms with E-state index in [9.17, 15) is 4.79 Å². The van der Waals surface area contributed by atoms with Crippen molar-refractivity contribution in [1.82, 2.24) is 0 Å². The Kier molecular flexibility index (Phi) is 5.47.